The SMILES string of the molecule is C1=CC=PC=CC=CC=PC=C1. The van der Waals surface area contributed by atoms with Crippen molar-refractivity contribution in [3.8, 4) is 0 Å². The van der Waals surface area contributed by atoms with Gasteiger partial charge in [-0.1, -0.05) is 52.9 Å². The number of hydrogen-bond donors (Lipinski definition) is 0. The van der Waals surface area contributed by atoms with Crippen LogP contribution in [0.3, 0.4) is 0 Å². The smallest absolute Gasteiger partial charge is 0.0347 e. The molecular weight excluding hydrogens is 182 g/mol. The highest BCUT2D eigenvalue weighted by Crippen LogP contribution is 2.00. The van der Waals surface area contributed by atoms with Crippen molar-refractivity contribution in [1.82, 2.24) is 0 Å². The molecule has 0 atom stereocenters. The third kappa shape index (κ3) is 5.02. The summed E-state index contributed by atoms with van der Waals surface area (Å²) in [6.45, 7) is 0. The van der Waals surface area contributed by atoms with Gasteiger partial charge >= 0.3 is 0 Å². The lowest BCUT2D eigenvalue weighted by atomic mass is 10.5. The van der Waals surface area contributed by atoms with Crippen LogP contribution in [0, 0.1) is 0 Å². The van der Waals surface area contributed by atoms with Gasteiger partial charge in [-0.05, 0) is 23.2 Å². The number of rotatable bonds is 0. The number of allylic oxidation sites excluding steroid dienone is 6. The Bertz CT molecular complexity index is 177. The fourth-order valence-corrected chi connectivity index (χ4v) is 1.62. The van der Waals surface area contributed by atoms with Crippen molar-refractivity contribution in [2.75, 3.05) is 0 Å². The molecule has 0 amide bonds. The highest BCUT2D eigenvalue weighted by atomic mass is 31.1. The molecule has 0 N–H and O–H groups in total. The van der Waals surface area contributed by atoms with Crippen LogP contribution in [0.1, 0.15) is 0 Å². The van der Waals surface area contributed by atoms with Crippen molar-refractivity contribution < 1.29 is 0 Å². The summed E-state index contributed by atoms with van der Waals surface area (Å²) in [5, 5.41) is 0. The van der Waals surface area contributed by atoms with Crippen LogP contribution in [0.25, 0.3) is 0 Å². The van der Waals surface area contributed by atoms with Crippen molar-refractivity contribution in [1.29, 1.82) is 0 Å². The minimum absolute atomic E-state index is 1.23. The second kappa shape index (κ2) is 6.98. The average Bonchev–Trinajstić information content (AvgIpc) is 2.05. The monoisotopic (exact) mass is 192 g/mol. The zero-order valence-corrected chi connectivity index (χ0v) is 8.46. The van der Waals surface area contributed by atoms with Gasteiger partial charge in [-0.3, -0.25) is 0 Å². The first kappa shape index (κ1) is 9.39. The standard InChI is InChI=1S/C10H10P2/c1-3-7-11-9-5-2-6-10-12-8-4-1/h1-10H. The maximum atomic E-state index is 2.11. The minimum Gasteiger partial charge on any atom is -0.0765 e. The molecule has 60 valence electrons. The summed E-state index contributed by atoms with van der Waals surface area (Å²) in [5.41, 5.74) is 0. The molecule has 1 rings (SSSR count). The van der Waals surface area contributed by atoms with E-state index >= 15 is 0 Å². The number of hydrogen-bond acceptors (Lipinski definition) is 0. The van der Waals surface area contributed by atoms with Gasteiger partial charge in [0.2, 0.25) is 0 Å². The molecule has 0 aliphatic carbocycles. The predicted molar refractivity (Wildman–Crippen MR) is 62.5 cm³/mol. The van der Waals surface area contributed by atoms with Crippen molar-refractivity contribution in [3.05, 3.63) is 48.1 Å². The van der Waals surface area contributed by atoms with Crippen LogP contribution in [0.15, 0.2) is 48.1 Å². The van der Waals surface area contributed by atoms with Crippen LogP contribution in [0.2, 0.25) is 0 Å². The molecular formula is C10H10P2. The molecule has 0 aromatic rings. The lowest BCUT2D eigenvalue weighted by Gasteiger charge is -1.76. The summed E-state index contributed by atoms with van der Waals surface area (Å²) < 4.78 is 0. The summed E-state index contributed by atoms with van der Waals surface area (Å²) in [7, 11) is 2.46. The molecule has 0 unspecified atom stereocenters. The van der Waals surface area contributed by atoms with E-state index in [0.29, 0.717) is 0 Å². The van der Waals surface area contributed by atoms with Crippen LogP contribution in [-0.4, -0.2) is 11.6 Å². The van der Waals surface area contributed by atoms with Gasteiger partial charge in [-0.2, -0.15) is 0 Å². The van der Waals surface area contributed by atoms with Gasteiger partial charge in [-0.25, -0.2) is 0 Å². The fraction of sp³-hybridized carbons (Fsp3) is 0. The summed E-state index contributed by atoms with van der Waals surface area (Å²) in [6, 6.07) is 0. The van der Waals surface area contributed by atoms with Crippen molar-refractivity contribution in [2.45, 2.75) is 0 Å². The lowest BCUT2D eigenvalue weighted by molar-refractivity contribution is 2.06. The van der Waals surface area contributed by atoms with Crippen molar-refractivity contribution >= 4 is 28.0 Å². The zero-order chi connectivity index (χ0) is 8.49. The zero-order valence-electron chi connectivity index (χ0n) is 6.67. The van der Waals surface area contributed by atoms with Crippen molar-refractivity contribution in [2.24, 2.45) is 0 Å². The van der Waals surface area contributed by atoms with Crippen LogP contribution >= 0.6 is 16.4 Å². The van der Waals surface area contributed by atoms with Crippen LogP contribution in [0.4, 0.5) is 0 Å². The van der Waals surface area contributed by atoms with Gasteiger partial charge < -0.3 is 0 Å². The van der Waals surface area contributed by atoms with Crippen molar-refractivity contribution in [3.63, 3.8) is 0 Å². The second-order valence-corrected chi connectivity index (χ2v) is 3.84. The quantitative estimate of drug-likeness (QED) is 0.514. The maximum Gasteiger partial charge on any atom is -0.0347 e. The van der Waals surface area contributed by atoms with Crippen LogP contribution in [0.5, 0.6) is 0 Å². The molecule has 0 spiro atoms. The molecule has 0 aromatic heterocycles. The fourth-order valence-electron chi connectivity index (χ4n) is 0.625. The highest BCUT2D eigenvalue weighted by molar-refractivity contribution is 7.42. The molecule has 0 aromatic carbocycles. The van der Waals surface area contributed by atoms with Gasteiger partial charge in [0.1, 0.15) is 0 Å². The molecule has 0 saturated carbocycles. The first-order valence-corrected chi connectivity index (χ1v) is 5.77. The first-order valence-electron chi connectivity index (χ1n) is 3.70. The molecule has 1 heterocycles. The third-order valence-electron chi connectivity index (χ3n) is 1.13. The van der Waals surface area contributed by atoms with E-state index in [1.807, 2.05) is 12.2 Å². The van der Waals surface area contributed by atoms with E-state index in [4.69, 9.17) is 0 Å². The van der Waals surface area contributed by atoms with E-state index in [1.54, 1.807) is 0 Å². The Morgan fingerprint density at radius 2 is 1.00 bits per heavy atom. The molecule has 1 aliphatic rings. The largest absolute Gasteiger partial charge is 0.0765 e. The molecule has 12 heavy (non-hydrogen) atoms. The topological polar surface area (TPSA) is 0 Å². The predicted octanol–water partition coefficient (Wildman–Crippen LogP) is 3.64. The van der Waals surface area contributed by atoms with E-state index in [-0.39, 0.29) is 0 Å². The third-order valence-corrected chi connectivity index (χ3v) is 2.51. The Hall–Kier alpha value is -0.700. The molecule has 0 bridgehead atoms. The Kier molecular flexibility index (Phi) is 5.46. The van der Waals surface area contributed by atoms with E-state index in [9.17, 15) is 0 Å². The van der Waals surface area contributed by atoms with E-state index in [0.717, 1.165) is 0 Å². The Labute approximate surface area is 76.6 Å². The molecule has 2 heteroatoms. The summed E-state index contributed by atoms with van der Waals surface area (Å²) in [5.74, 6) is 8.43. The van der Waals surface area contributed by atoms with Gasteiger partial charge in [0, 0.05) is 0 Å². The lowest BCUT2D eigenvalue weighted by Crippen LogP contribution is -1.56. The first-order chi connectivity index (χ1) is 6.00. The molecule has 0 nitrogen and oxygen atoms in total. The van der Waals surface area contributed by atoms with Crippen LogP contribution < -0.4 is 0 Å². The minimum atomic E-state index is 1.23. The normalized spacial score (nSPS) is 18.7. The highest BCUT2D eigenvalue weighted by Gasteiger charge is 1.66. The average molecular weight is 192 g/mol. The Balaban J connectivity index is 2.67. The Morgan fingerprint density at radius 3 is 1.50 bits per heavy atom. The molecule has 1 aliphatic heterocycles. The Morgan fingerprint density at radius 1 is 0.500 bits per heavy atom. The van der Waals surface area contributed by atoms with Crippen LogP contribution in [-0.2, 0) is 0 Å². The van der Waals surface area contributed by atoms with E-state index < -0.39 is 0 Å². The summed E-state index contributed by atoms with van der Waals surface area (Å²) >= 11 is 0. The summed E-state index contributed by atoms with van der Waals surface area (Å²) in [6.07, 6.45) is 12.3. The molecule has 0 radical (unpaired) electrons. The van der Waals surface area contributed by atoms with Gasteiger partial charge in [-0.15, -0.1) is 0 Å². The summed E-state index contributed by atoms with van der Waals surface area (Å²) in [4.78, 5) is 0. The maximum absolute atomic E-state index is 2.11. The molecule has 0 saturated heterocycles. The van der Waals surface area contributed by atoms with E-state index in [2.05, 4.69) is 47.5 Å². The van der Waals surface area contributed by atoms with Gasteiger partial charge in [0.25, 0.3) is 0 Å². The van der Waals surface area contributed by atoms with E-state index in [1.165, 1.54) is 16.4 Å². The van der Waals surface area contributed by atoms with Gasteiger partial charge in [0.05, 0.1) is 0 Å². The second-order valence-electron chi connectivity index (χ2n) is 2.05. The molecule has 0 fully saturated rings. The van der Waals surface area contributed by atoms with Gasteiger partial charge in [0.15, 0.2) is 0 Å².